The van der Waals surface area contributed by atoms with E-state index < -0.39 is 11.7 Å². The van der Waals surface area contributed by atoms with Gasteiger partial charge < -0.3 is 10.2 Å². The Hall–Kier alpha value is -1.56. The summed E-state index contributed by atoms with van der Waals surface area (Å²) in [6.45, 7) is 1.15. The van der Waals surface area contributed by atoms with Crippen LogP contribution in [0.5, 0.6) is 0 Å². The summed E-state index contributed by atoms with van der Waals surface area (Å²) >= 11 is 0. The molecule has 0 bridgehead atoms. The van der Waals surface area contributed by atoms with Crippen molar-refractivity contribution in [2.45, 2.75) is 38.0 Å². The highest BCUT2D eigenvalue weighted by Crippen LogP contribution is 2.29. The second-order valence-corrected chi connectivity index (χ2v) is 5.39. The number of rotatable bonds is 3. The van der Waals surface area contributed by atoms with Crippen molar-refractivity contribution in [3.05, 3.63) is 35.4 Å². The summed E-state index contributed by atoms with van der Waals surface area (Å²) < 4.78 is 37.4. The number of carbonyl (C=O) groups excluding carboxylic acids is 1. The summed E-state index contributed by atoms with van der Waals surface area (Å²) in [6.07, 6.45) is -1.41. The Labute approximate surface area is 122 Å². The van der Waals surface area contributed by atoms with Crippen LogP contribution in [0.25, 0.3) is 0 Å². The van der Waals surface area contributed by atoms with E-state index in [1.165, 1.54) is 12.1 Å². The zero-order chi connectivity index (χ0) is 15.5. The lowest BCUT2D eigenvalue weighted by molar-refractivity contribution is -0.137. The average Bonchev–Trinajstić information content (AvgIpc) is 2.47. The topological polar surface area (TPSA) is 32.3 Å². The highest BCUT2D eigenvalue weighted by atomic mass is 19.4. The van der Waals surface area contributed by atoms with Crippen molar-refractivity contribution in [3.63, 3.8) is 0 Å². The van der Waals surface area contributed by atoms with Gasteiger partial charge in [0.2, 0.25) is 5.91 Å². The number of likely N-dealkylation sites (N-methyl/N-ethyl adjacent to an activating group) is 1. The molecule has 2 rings (SSSR count). The second kappa shape index (κ2) is 6.47. The highest BCUT2D eigenvalue weighted by molar-refractivity contribution is 5.81. The molecule has 21 heavy (non-hydrogen) atoms. The first-order valence-corrected chi connectivity index (χ1v) is 7.02. The van der Waals surface area contributed by atoms with Crippen LogP contribution < -0.4 is 5.32 Å². The fourth-order valence-electron chi connectivity index (χ4n) is 2.48. The van der Waals surface area contributed by atoms with Gasteiger partial charge in [-0.3, -0.25) is 4.79 Å². The minimum absolute atomic E-state index is 0.00500. The third-order valence-electron chi connectivity index (χ3n) is 3.69. The van der Waals surface area contributed by atoms with Gasteiger partial charge in [0.15, 0.2) is 0 Å². The molecule has 1 heterocycles. The lowest BCUT2D eigenvalue weighted by atomic mass is 10.0. The van der Waals surface area contributed by atoms with Gasteiger partial charge in [-0.25, -0.2) is 0 Å². The molecule has 0 unspecified atom stereocenters. The molecule has 1 aromatic rings. The Bertz CT molecular complexity index is 479. The molecule has 1 fully saturated rings. The Kier molecular flexibility index (Phi) is 4.88. The molecule has 1 saturated heterocycles. The van der Waals surface area contributed by atoms with Crippen molar-refractivity contribution >= 4 is 5.91 Å². The maximum absolute atomic E-state index is 12.5. The maximum Gasteiger partial charge on any atom is 0.416 e. The molecule has 0 spiro atoms. The van der Waals surface area contributed by atoms with E-state index in [0.29, 0.717) is 12.1 Å². The molecule has 1 N–H and O–H groups in total. The number of benzene rings is 1. The number of nitrogens with zero attached hydrogens (tertiary/aromatic N) is 1. The summed E-state index contributed by atoms with van der Waals surface area (Å²) in [5, 5.41) is 3.17. The van der Waals surface area contributed by atoms with Crippen LogP contribution in [-0.4, -0.2) is 30.4 Å². The molecule has 0 aromatic heterocycles. The number of alkyl halides is 3. The van der Waals surface area contributed by atoms with E-state index in [9.17, 15) is 18.0 Å². The number of amides is 1. The zero-order valence-corrected chi connectivity index (χ0v) is 11.9. The lowest BCUT2D eigenvalue weighted by Gasteiger charge is -2.27. The molecule has 116 valence electrons. The van der Waals surface area contributed by atoms with Gasteiger partial charge in [0.25, 0.3) is 0 Å². The smallest absolute Gasteiger partial charge is 0.340 e. The first kappa shape index (κ1) is 15.8. The molecule has 0 saturated carbocycles. The third-order valence-corrected chi connectivity index (χ3v) is 3.69. The van der Waals surface area contributed by atoms with Gasteiger partial charge in [-0.05, 0) is 37.1 Å². The van der Waals surface area contributed by atoms with Crippen LogP contribution in [0.3, 0.4) is 0 Å². The van der Waals surface area contributed by atoms with Gasteiger partial charge in [0, 0.05) is 13.6 Å². The van der Waals surface area contributed by atoms with Gasteiger partial charge in [0.1, 0.15) is 0 Å². The number of hydrogen-bond donors (Lipinski definition) is 1. The average molecular weight is 300 g/mol. The first-order chi connectivity index (χ1) is 9.88. The van der Waals surface area contributed by atoms with E-state index >= 15 is 0 Å². The molecule has 0 aliphatic carbocycles. The molecule has 1 amide bonds. The van der Waals surface area contributed by atoms with Crippen molar-refractivity contribution in [1.82, 2.24) is 10.2 Å². The van der Waals surface area contributed by atoms with Crippen LogP contribution in [0.2, 0.25) is 0 Å². The fraction of sp³-hybridized carbons (Fsp3) is 0.533. The Morgan fingerprint density at radius 2 is 1.95 bits per heavy atom. The van der Waals surface area contributed by atoms with E-state index in [-0.39, 0.29) is 11.9 Å². The normalized spacial score (nSPS) is 19.3. The first-order valence-electron chi connectivity index (χ1n) is 7.02. The van der Waals surface area contributed by atoms with E-state index in [4.69, 9.17) is 0 Å². The molecule has 1 atom stereocenters. The molecule has 0 radical (unpaired) electrons. The van der Waals surface area contributed by atoms with Gasteiger partial charge in [-0.2, -0.15) is 13.2 Å². The molecule has 1 aromatic carbocycles. The molecule has 3 nitrogen and oxygen atoms in total. The van der Waals surface area contributed by atoms with Crippen molar-refractivity contribution in [2.24, 2.45) is 0 Å². The summed E-state index contributed by atoms with van der Waals surface area (Å²) in [7, 11) is 1.68. The van der Waals surface area contributed by atoms with Crippen LogP contribution in [-0.2, 0) is 17.5 Å². The van der Waals surface area contributed by atoms with E-state index in [1.54, 1.807) is 11.9 Å². The third kappa shape index (κ3) is 4.20. The van der Waals surface area contributed by atoms with E-state index in [2.05, 4.69) is 5.32 Å². The molecule has 1 aliphatic rings. The van der Waals surface area contributed by atoms with E-state index in [1.807, 2.05) is 0 Å². The number of halogens is 3. The van der Waals surface area contributed by atoms with E-state index in [0.717, 1.165) is 37.9 Å². The molecular weight excluding hydrogens is 281 g/mol. The number of hydrogen-bond acceptors (Lipinski definition) is 2. The Balaban J connectivity index is 1.95. The van der Waals surface area contributed by atoms with Gasteiger partial charge >= 0.3 is 6.18 Å². The lowest BCUT2D eigenvalue weighted by Crippen LogP contribution is -2.46. The van der Waals surface area contributed by atoms with Crippen molar-refractivity contribution in [2.75, 3.05) is 13.6 Å². The summed E-state index contributed by atoms with van der Waals surface area (Å²) in [4.78, 5) is 13.8. The summed E-state index contributed by atoms with van der Waals surface area (Å²) in [6, 6.07) is 4.76. The predicted molar refractivity (Wildman–Crippen MR) is 73.6 cm³/mol. The van der Waals surface area contributed by atoms with Gasteiger partial charge in [0.05, 0.1) is 11.6 Å². The van der Waals surface area contributed by atoms with Crippen molar-refractivity contribution in [3.8, 4) is 0 Å². The largest absolute Gasteiger partial charge is 0.416 e. The van der Waals surface area contributed by atoms with Crippen molar-refractivity contribution < 1.29 is 18.0 Å². The molecular formula is C15H19F3N2O. The van der Waals surface area contributed by atoms with Crippen molar-refractivity contribution in [1.29, 1.82) is 0 Å². The fourth-order valence-corrected chi connectivity index (χ4v) is 2.48. The monoisotopic (exact) mass is 300 g/mol. The van der Waals surface area contributed by atoms with Crippen LogP contribution in [0.15, 0.2) is 24.3 Å². The number of nitrogens with one attached hydrogen (secondary N) is 1. The Morgan fingerprint density at radius 3 is 2.48 bits per heavy atom. The predicted octanol–water partition coefficient (Wildman–Crippen LogP) is 2.81. The highest BCUT2D eigenvalue weighted by Gasteiger charge is 2.30. The van der Waals surface area contributed by atoms with Crippen LogP contribution in [0, 0.1) is 0 Å². The Morgan fingerprint density at radius 1 is 1.29 bits per heavy atom. The minimum Gasteiger partial charge on any atom is -0.340 e. The minimum atomic E-state index is -4.33. The molecule has 6 heteroatoms. The van der Waals surface area contributed by atoms with Gasteiger partial charge in [-0.15, -0.1) is 0 Å². The standard InChI is InChI=1S/C15H19F3N2O/c1-20(14(21)13-4-2-3-9-19-13)10-11-5-7-12(8-6-11)15(16,17)18/h5-8,13,19H,2-4,9-10H2,1H3/t13-/m1/s1. The van der Waals surface area contributed by atoms with Gasteiger partial charge in [-0.1, -0.05) is 18.6 Å². The van der Waals surface area contributed by atoms with Crippen LogP contribution in [0.1, 0.15) is 30.4 Å². The SMILES string of the molecule is CN(Cc1ccc(C(F)(F)F)cc1)C(=O)[C@H]1CCCCN1. The zero-order valence-electron chi connectivity index (χ0n) is 11.9. The summed E-state index contributed by atoms with van der Waals surface area (Å²) in [5.74, 6) is -0.00500. The molecule has 1 aliphatic heterocycles. The van der Waals surface area contributed by atoms with Crippen LogP contribution in [0.4, 0.5) is 13.2 Å². The summed E-state index contributed by atoms with van der Waals surface area (Å²) in [5.41, 5.74) is 0.0174. The number of carbonyl (C=O) groups is 1. The van der Waals surface area contributed by atoms with Crippen LogP contribution >= 0.6 is 0 Å². The second-order valence-electron chi connectivity index (χ2n) is 5.39. The quantitative estimate of drug-likeness (QED) is 0.931. The number of piperidine rings is 1. The maximum atomic E-state index is 12.5.